The zero-order chi connectivity index (χ0) is 7.56. The van der Waals surface area contributed by atoms with Crippen LogP contribution in [0.2, 0.25) is 0 Å². The molecule has 10 heavy (non-hydrogen) atoms. The molecule has 6 nitrogen and oxygen atoms in total. The Labute approximate surface area is 55.9 Å². The smallest absolute Gasteiger partial charge is 0.290 e. The summed E-state index contributed by atoms with van der Waals surface area (Å²) >= 11 is 0. The van der Waals surface area contributed by atoms with Crippen LogP contribution in [0.1, 0.15) is 5.69 Å². The molecular formula is C4H6N4O2. The van der Waals surface area contributed by atoms with Gasteiger partial charge in [0.05, 0.1) is 0 Å². The molecule has 0 unspecified atom stereocenters. The number of anilines is 1. The standard InChI is InChI=1S/C4H6N4O2/c1-2-3(8-10)5-4(9)7-6-2/h10H,1H3,(H2,5,7,8,9). The van der Waals surface area contributed by atoms with Gasteiger partial charge in [-0.15, -0.1) is 0 Å². The second-order valence-electron chi connectivity index (χ2n) is 1.69. The van der Waals surface area contributed by atoms with Crippen molar-refractivity contribution in [2.75, 3.05) is 5.48 Å². The summed E-state index contributed by atoms with van der Waals surface area (Å²) in [5, 5.41) is 14.0. The van der Waals surface area contributed by atoms with Gasteiger partial charge in [0.1, 0.15) is 5.69 Å². The van der Waals surface area contributed by atoms with Crippen molar-refractivity contribution in [1.82, 2.24) is 15.2 Å². The van der Waals surface area contributed by atoms with E-state index in [1.54, 1.807) is 12.4 Å². The lowest BCUT2D eigenvalue weighted by Gasteiger charge is -1.96. The van der Waals surface area contributed by atoms with E-state index < -0.39 is 5.69 Å². The van der Waals surface area contributed by atoms with Crippen LogP contribution in [0.3, 0.4) is 0 Å². The van der Waals surface area contributed by atoms with Crippen LogP contribution in [0.25, 0.3) is 0 Å². The van der Waals surface area contributed by atoms with E-state index in [0.29, 0.717) is 5.69 Å². The number of H-pyrrole nitrogens is 1. The van der Waals surface area contributed by atoms with Crippen molar-refractivity contribution in [3.05, 3.63) is 16.2 Å². The molecule has 3 N–H and O–H groups in total. The van der Waals surface area contributed by atoms with Gasteiger partial charge in [0.15, 0.2) is 5.82 Å². The Morgan fingerprint density at radius 1 is 1.70 bits per heavy atom. The van der Waals surface area contributed by atoms with Gasteiger partial charge < -0.3 is 0 Å². The van der Waals surface area contributed by atoms with Gasteiger partial charge in [-0.2, -0.15) is 10.1 Å². The summed E-state index contributed by atoms with van der Waals surface area (Å²) in [6.07, 6.45) is 0. The highest BCUT2D eigenvalue weighted by molar-refractivity contribution is 5.33. The zero-order valence-electron chi connectivity index (χ0n) is 5.25. The lowest BCUT2D eigenvalue weighted by molar-refractivity contribution is 0.384. The minimum Gasteiger partial charge on any atom is -0.290 e. The topological polar surface area (TPSA) is 90.9 Å². The zero-order valence-corrected chi connectivity index (χ0v) is 5.25. The molecule has 0 atom stereocenters. The Balaban J connectivity index is 3.22. The highest BCUT2D eigenvalue weighted by Crippen LogP contribution is 1.99. The first kappa shape index (κ1) is 6.69. The summed E-state index contributed by atoms with van der Waals surface area (Å²) in [5.41, 5.74) is 1.58. The second-order valence-corrected chi connectivity index (χ2v) is 1.69. The Morgan fingerprint density at radius 3 is 2.90 bits per heavy atom. The third-order valence-electron chi connectivity index (χ3n) is 0.981. The lowest BCUT2D eigenvalue weighted by Crippen LogP contribution is -2.15. The molecule has 6 heteroatoms. The molecule has 0 aliphatic carbocycles. The number of hydrogen-bond donors (Lipinski definition) is 3. The molecule has 54 valence electrons. The van der Waals surface area contributed by atoms with Crippen molar-refractivity contribution >= 4 is 5.82 Å². The third kappa shape index (κ3) is 1.11. The fraction of sp³-hybridized carbons (Fsp3) is 0.250. The van der Waals surface area contributed by atoms with Gasteiger partial charge in [-0.1, -0.05) is 0 Å². The van der Waals surface area contributed by atoms with Crippen LogP contribution < -0.4 is 11.2 Å². The molecule has 0 aliphatic rings. The second kappa shape index (κ2) is 2.44. The number of aromatic amines is 1. The van der Waals surface area contributed by atoms with E-state index in [0.717, 1.165) is 0 Å². The summed E-state index contributed by atoms with van der Waals surface area (Å²) in [7, 11) is 0. The minimum atomic E-state index is -0.595. The first-order valence-corrected chi connectivity index (χ1v) is 2.57. The molecule has 0 saturated heterocycles. The molecule has 1 aromatic heterocycles. The Bertz CT molecular complexity index is 281. The molecule has 1 rings (SSSR count). The van der Waals surface area contributed by atoms with Crippen molar-refractivity contribution < 1.29 is 5.21 Å². The summed E-state index contributed by atoms with van der Waals surface area (Å²) < 4.78 is 0. The quantitative estimate of drug-likeness (QED) is 0.450. The summed E-state index contributed by atoms with van der Waals surface area (Å²) in [6, 6.07) is 0. The van der Waals surface area contributed by atoms with Crippen LogP contribution in [0.4, 0.5) is 5.82 Å². The van der Waals surface area contributed by atoms with Gasteiger partial charge in [-0.25, -0.2) is 9.89 Å². The van der Waals surface area contributed by atoms with E-state index in [1.807, 2.05) is 0 Å². The Morgan fingerprint density at radius 2 is 2.40 bits per heavy atom. The van der Waals surface area contributed by atoms with Gasteiger partial charge in [-0.3, -0.25) is 10.7 Å². The van der Waals surface area contributed by atoms with Crippen LogP contribution >= 0.6 is 0 Å². The van der Waals surface area contributed by atoms with Gasteiger partial charge in [0.2, 0.25) is 0 Å². The van der Waals surface area contributed by atoms with E-state index in [-0.39, 0.29) is 5.82 Å². The average Bonchev–Trinajstić information content (AvgIpc) is 1.94. The molecular weight excluding hydrogens is 136 g/mol. The SMILES string of the molecule is Cc1n[nH]c(=O)nc1NO. The number of hydrogen-bond acceptors (Lipinski definition) is 5. The maximum absolute atomic E-state index is 10.4. The maximum Gasteiger partial charge on any atom is 0.363 e. The molecule has 0 fully saturated rings. The van der Waals surface area contributed by atoms with E-state index in [4.69, 9.17) is 5.21 Å². The maximum atomic E-state index is 10.4. The number of aryl methyl sites for hydroxylation is 1. The number of nitrogens with one attached hydrogen (secondary N) is 2. The molecule has 1 heterocycles. The average molecular weight is 142 g/mol. The molecule has 0 bridgehead atoms. The van der Waals surface area contributed by atoms with E-state index in [9.17, 15) is 4.79 Å². The molecule has 0 radical (unpaired) electrons. The van der Waals surface area contributed by atoms with Crippen molar-refractivity contribution in [1.29, 1.82) is 0 Å². The normalized spacial score (nSPS) is 9.40. The number of nitrogens with zero attached hydrogens (tertiary/aromatic N) is 2. The largest absolute Gasteiger partial charge is 0.363 e. The van der Waals surface area contributed by atoms with Crippen LogP contribution in [0.5, 0.6) is 0 Å². The molecule has 1 aromatic rings. The molecule has 0 aliphatic heterocycles. The fourth-order valence-corrected chi connectivity index (χ4v) is 0.498. The van der Waals surface area contributed by atoms with Crippen LogP contribution in [-0.2, 0) is 0 Å². The number of aromatic nitrogens is 3. The fourth-order valence-electron chi connectivity index (χ4n) is 0.498. The summed E-state index contributed by atoms with van der Waals surface area (Å²) in [6.45, 7) is 1.60. The number of rotatable bonds is 1. The first-order chi connectivity index (χ1) is 4.74. The minimum absolute atomic E-state index is 0.0729. The van der Waals surface area contributed by atoms with E-state index in [1.165, 1.54) is 0 Å². The first-order valence-electron chi connectivity index (χ1n) is 2.57. The molecule has 0 spiro atoms. The van der Waals surface area contributed by atoms with Crippen LogP contribution in [-0.4, -0.2) is 20.4 Å². The van der Waals surface area contributed by atoms with Crippen LogP contribution in [0.15, 0.2) is 4.79 Å². The monoisotopic (exact) mass is 142 g/mol. The predicted molar refractivity (Wildman–Crippen MR) is 32.8 cm³/mol. The van der Waals surface area contributed by atoms with Crippen molar-refractivity contribution in [2.24, 2.45) is 0 Å². The highest BCUT2D eigenvalue weighted by atomic mass is 16.5. The summed E-state index contributed by atoms with van der Waals surface area (Å²) in [5.74, 6) is 0.0729. The third-order valence-corrected chi connectivity index (χ3v) is 0.981. The predicted octanol–water partition coefficient (Wildman–Crippen LogP) is -0.726. The Hall–Kier alpha value is -1.43. The van der Waals surface area contributed by atoms with Crippen molar-refractivity contribution in [3.8, 4) is 0 Å². The molecule has 0 aromatic carbocycles. The molecule has 0 amide bonds. The van der Waals surface area contributed by atoms with Crippen molar-refractivity contribution in [2.45, 2.75) is 6.92 Å². The van der Waals surface area contributed by atoms with Gasteiger partial charge in [-0.05, 0) is 6.92 Å². The van der Waals surface area contributed by atoms with E-state index >= 15 is 0 Å². The Kier molecular flexibility index (Phi) is 1.63. The van der Waals surface area contributed by atoms with Crippen LogP contribution in [0, 0.1) is 6.92 Å². The van der Waals surface area contributed by atoms with Crippen molar-refractivity contribution in [3.63, 3.8) is 0 Å². The van der Waals surface area contributed by atoms with Gasteiger partial charge >= 0.3 is 5.69 Å². The highest BCUT2D eigenvalue weighted by Gasteiger charge is 1.98. The summed E-state index contributed by atoms with van der Waals surface area (Å²) in [4.78, 5) is 13.8. The molecule has 0 saturated carbocycles. The van der Waals surface area contributed by atoms with E-state index in [2.05, 4.69) is 15.2 Å². The van der Waals surface area contributed by atoms with Gasteiger partial charge in [0.25, 0.3) is 0 Å². The van der Waals surface area contributed by atoms with Gasteiger partial charge in [0, 0.05) is 0 Å². The lowest BCUT2D eigenvalue weighted by atomic mass is 10.5.